The summed E-state index contributed by atoms with van der Waals surface area (Å²) in [5.74, 6) is 2.66. The molecule has 5 heteroatoms. The molecule has 2 aromatic rings. The van der Waals surface area contributed by atoms with Gasteiger partial charge >= 0.3 is 0 Å². The van der Waals surface area contributed by atoms with E-state index >= 15 is 0 Å². The second kappa shape index (κ2) is 5.57. The molecule has 0 amide bonds. The van der Waals surface area contributed by atoms with Gasteiger partial charge in [0.1, 0.15) is 0 Å². The summed E-state index contributed by atoms with van der Waals surface area (Å²) in [6.07, 6.45) is 6.23. The smallest absolute Gasteiger partial charge is 0.270 e. The van der Waals surface area contributed by atoms with Crippen LogP contribution in [0.3, 0.4) is 0 Å². The molecule has 1 unspecified atom stereocenters. The van der Waals surface area contributed by atoms with Gasteiger partial charge in [-0.25, -0.2) is 0 Å². The predicted octanol–water partition coefficient (Wildman–Crippen LogP) is 3.28. The van der Waals surface area contributed by atoms with Gasteiger partial charge in [0.2, 0.25) is 0 Å². The quantitative estimate of drug-likeness (QED) is 0.525. The summed E-state index contributed by atoms with van der Waals surface area (Å²) in [6.45, 7) is 3.86. The maximum absolute atomic E-state index is 10.9. The molecule has 0 aliphatic heterocycles. The zero-order chi connectivity index (χ0) is 14.7. The molecule has 0 saturated carbocycles. The number of nitrogens with zero attached hydrogens (tertiary/aromatic N) is 2. The number of anilines is 1. The zero-order valence-electron chi connectivity index (χ0n) is 11.4. The molecule has 2 rings (SSSR count). The highest BCUT2D eigenvalue weighted by atomic mass is 16.6. The van der Waals surface area contributed by atoms with E-state index in [9.17, 15) is 10.1 Å². The Hall–Kier alpha value is -2.61. The van der Waals surface area contributed by atoms with E-state index in [0.29, 0.717) is 10.9 Å². The standard InChI is InChI=1S/C15H15N3O2/c1-4-11(5-2)17-15-8-10(3)16-14-7-6-12(18(19)20)9-13(14)15/h1,6-9,11H,5H2,2-3H3,(H,16,17). The Labute approximate surface area is 117 Å². The third-order valence-corrected chi connectivity index (χ3v) is 3.07. The number of aryl methyl sites for hydroxylation is 1. The van der Waals surface area contributed by atoms with E-state index < -0.39 is 4.92 Å². The summed E-state index contributed by atoms with van der Waals surface area (Å²) in [5, 5.41) is 14.8. The van der Waals surface area contributed by atoms with Crippen molar-refractivity contribution in [3.8, 4) is 12.3 Å². The fraction of sp³-hybridized carbons (Fsp3) is 0.267. The van der Waals surface area contributed by atoms with Crippen molar-refractivity contribution in [1.29, 1.82) is 0 Å². The Morgan fingerprint density at radius 1 is 1.50 bits per heavy atom. The molecule has 1 aromatic heterocycles. The SMILES string of the molecule is C#CC(CC)Nc1cc(C)nc2ccc([N+](=O)[O-])cc12. The van der Waals surface area contributed by atoms with Gasteiger partial charge in [0.15, 0.2) is 0 Å². The number of nitrogens with one attached hydrogen (secondary N) is 1. The highest BCUT2D eigenvalue weighted by Crippen LogP contribution is 2.27. The maximum Gasteiger partial charge on any atom is 0.270 e. The van der Waals surface area contributed by atoms with Crippen molar-refractivity contribution in [2.75, 3.05) is 5.32 Å². The monoisotopic (exact) mass is 269 g/mol. The number of rotatable bonds is 4. The molecule has 0 spiro atoms. The Bertz CT molecular complexity index is 704. The van der Waals surface area contributed by atoms with Crippen molar-refractivity contribution >= 4 is 22.3 Å². The van der Waals surface area contributed by atoms with Gasteiger partial charge < -0.3 is 5.32 Å². The first-order valence-electron chi connectivity index (χ1n) is 6.33. The van der Waals surface area contributed by atoms with Crippen LogP contribution in [-0.2, 0) is 0 Å². The van der Waals surface area contributed by atoms with Crippen LogP contribution in [0.5, 0.6) is 0 Å². The molecule has 0 radical (unpaired) electrons. The first kappa shape index (κ1) is 13.8. The van der Waals surface area contributed by atoms with Crippen LogP contribution in [0.4, 0.5) is 11.4 Å². The lowest BCUT2D eigenvalue weighted by Gasteiger charge is -2.15. The molecule has 102 valence electrons. The molecule has 0 aliphatic rings. The van der Waals surface area contributed by atoms with Gasteiger partial charge in [-0.2, -0.15) is 0 Å². The first-order valence-corrected chi connectivity index (χ1v) is 6.33. The normalized spacial score (nSPS) is 11.8. The van der Waals surface area contributed by atoms with Crippen LogP contribution < -0.4 is 5.32 Å². The summed E-state index contributed by atoms with van der Waals surface area (Å²) >= 11 is 0. The number of aromatic nitrogens is 1. The lowest BCUT2D eigenvalue weighted by molar-refractivity contribution is -0.384. The number of hydrogen-bond donors (Lipinski definition) is 1. The number of nitro groups is 1. The van der Waals surface area contributed by atoms with Crippen molar-refractivity contribution in [3.63, 3.8) is 0 Å². The lowest BCUT2D eigenvalue weighted by atomic mass is 10.1. The maximum atomic E-state index is 10.9. The van der Waals surface area contributed by atoms with Crippen LogP contribution in [0.2, 0.25) is 0 Å². The van der Waals surface area contributed by atoms with Crippen molar-refractivity contribution in [3.05, 3.63) is 40.1 Å². The molecule has 0 aliphatic carbocycles. The van der Waals surface area contributed by atoms with Gasteiger partial charge in [-0.15, -0.1) is 6.42 Å². The molecule has 0 saturated heterocycles. The average Bonchev–Trinajstić information content (AvgIpc) is 2.43. The van der Waals surface area contributed by atoms with E-state index in [1.165, 1.54) is 12.1 Å². The van der Waals surface area contributed by atoms with Crippen molar-refractivity contribution in [2.45, 2.75) is 26.3 Å². The molecule has 0 fully saturated rings. The van der Waals surface area contributed by atoms with Gasteiger partial charge in [-0.05, 0) is 25.5 Å². The van der Waals surface area contributed by atoms with Crippen LogP contribution >= 0.6 is 0 Å². The van der Waals surface area contributed by atoms with Crippen molar-refractivity contribution < 1.29 is 4.92 Å². The van der Waals surface area contributed by atoms with Gasteiger partial charge in [0.05, 0.1) is 16.5 Å². The molecule has 1 aromatic carbocycles. The van der Waals surface area contributed by atoms with Crippen molar-refractivity contribution in [2.24, 2.45) is 0 Å². The highest BCUT2D eigenvalue weighted by molar-refractivity contribution is 5.93. The van der Waals surface area contributed by atoms with E-state index in [2.05, 4.69) is 16.2 Å². The van der Waals surface area contributed by atoms with E-state index in [1.54, 1.807) is 6.07 Å². The molecule has 1 N–H and O–H groups in total. The Balaban J connectivity index is 2.59. The Morgan fingerprint density at radius 2 is 2.25 bits per heavy atom. The summed E-state index contributed by atoms with van der Waals surface area (Å²) in [5.41, 5.74) is 2.37. The van der Waals surface area contributed by atoms with Gasteiger partial charge in [-0.3, -0.25) is 15.1 Å². The Morgan fingerprint density at radius 3 is 2.85 bits per heavy atom. The van der Waals surface area contributed by atoms with E-state index in [0.717, 1.165) is 17.8 Å². The van der Waals surface area contributed by atoms with Gasteiger partial charge in [0, 0.05) is 28.9 Å². The Kier molecular flexibility index (Phi) is 3.85. The zero-order valence-corrected chi connectivity index (χ0v) is 11.4. The van der Waals surface area contributed by atoms with Crippen LogP contribution in [0.15, 0.2) is 24.3 Å². The van der Waals surface area contributed by atoms with E-state index in [-0.39, 0.29) is 11.7 Å². The summed E-state index contributed by atoms with van der Waals surface area (Å²) in [4.78, 5) is 14.9. The number of fused-ring (bicyclic) bond motifs is 1. The topological polar surface area (TPSA) is 68.1 Å². The second-order valence-electron chi connectivity index (χ2n) is 4.54. The third-order valence-electron chi connectivity index (χ3n) is 3.07. The van der Waals surface area contributed by atoms with E-state index in [4.69, 9.17) is 6.42 Å². The fourth-order valence-electron chi connectivity index (χ4n) is 2.03. The molecule has 1 heterocycles. The molecular weight excluding hydrogens is 254 g/mol. The minimum Gasteiger partial charge on any atom is -0.371 e. The summed E-state index contributed by atoms with van der Waals surface area (Å²) in [6, 6.07) is 6.37. The van der Waals surface area contributed by atoms with Crippen LogP contribution in [-0.4, -0.2) is 15.9 Å². The summed E-state index contributed by atoms with van der Waals surface area (Å²) < 4.78 is 0. The molecule has 20 heavy (non-hydrogen) atoms. The minimum absolute atomic E-state index is 0.0416. The lowest BCUT2D eigenvalue weighted by Crippen LogP contribution is -2.16. The molecule has 1 atom stereocenters. The van der Waals surface area contributed by atoms with E-state index in [1.807, 2.05) is 19.9 Å². The number of terminal acetylenes is 1. The average molecular weight is 269 g/mol. The predicted molar refractivity (Wildman–Crippen MR) is 79.7 cm³/mol. The van der Waals surface area contributed by atoms with Crippen LogP contribution in [0.1, 0.15) is 19.0 Å². The largest absolute Gasteiger partial charge is 0.371 e. The fourth-order valence-corrected chi connectivity index (χ4v) is 2.03. The second-order valence-corrected chi connectivity index (χ2v) is 4.54. The van der Waals surface area contributed by atoms with Gasteiger partial charge in [-0.1, -0.05) is 12.8 Å². The minimum atomic E-state index is -0.415. The van der Waals surface area contributed by atoms with Gasteiger partial charge in [0.25, 0.3) is 5.69 Å². The number of pyridine rings is 1. The molecule has 0 bridgehead atoms. The van der Waals surface area contributed by atoms with Crippen molar-refractivity contribution in [1.82, 2.24) is 4.98 Å². The highest BCUT2D eigenvalue weighted by Gasteiger charge is 2.12. The molecule has 5 nitrogen and oxygen atoms in total. The third kappa shape index (κ3) is 2.69. The first-order chi connectivity index (χ1) is 9.55. The van der Waals surface area contributed by atoms with Crippen LogP contribution in [0, 0.1) is 29.4 Å². The molecular formula is C15H15N3O2. The summed E-state index contributed by atoms with van der Waals surface area (Å²) in [7, 11) is 0. The number of nitro benzene ring substituents is 1. The number of benzene rings is 1. The number of hydrogen-bond acceptors (Lipinski definition) is 4. The van der Waals surface area contributed by atoms with Crippen LogP contribution in [0.25, 0.3) is 10.9 Å². The number of non-ortho nitro benzene ring substituents is 1.